The van der Waals surface area contributed by atoms with Gasteiger partial charge in [-0.05, 0) is 31.2 Å². The fourth-order valence-corrected chi connectivity index (χ4v) is 2.87. The molecule has 0 saturated carbocycles. The Hall–Kier alpha value is -3.08. The molecular formula is C21H20N2O3. The first kappa shape index (κ1) is 16.4. The van der Waals surface area contributed by atoms with Crippen molar-refractivity contribution in [2.75, 3.05) is 19.7 Å². The van der Waals surface area contributed by atoms with Crippen LogP contribution in [0.3, 0.4) is 0 Å². The number of hydrogen-bond acceptors (Lipinski definition) is 4. The molecule has 0 atom stereocenters. The lowest BCUT2D eigenvalue weighted by molar-refractivity contribution is -0.142. The first-order chi connectivity index (χ1) is 12.7. The fourth-order valence-electron chi connectivity index (χ4n) is 2.87. The number of aryl methyl sites for hydroxylation is 1. The van der Waals surface area contributed by atoms with Crippen molar-refractivity contribution in [3.05, 3.63) is 66.2 Å². The molecule has 0 N–H and O–H groups in total. The highest BCUT2D eigenvalue weighted by Crippen LogP contribution is 2.20. The van der Waals surface area contributed by atoms with Crippen LogP contribution in [0.2, 0.25) is 0 Å². The van der Waals surface area contributed by atoms with Gasteiger partial charge in [0.15, 0.2) is 6.61 Å². The summed E-state index contributed by atoms with van der Waals surface area (Å²) in [5.41, 5.74) is 2.07. The molecule has 1 aliphatic rings. The van der Waals surface area contributed by atoms with Gasteiger partial charge in [0.2, 0.25) is 5.88 Å². The summed E-state index contributed by atoms with van der Waals surface area (Å²) >= 11 is 0. The zero-order valence-electron chi connectivity index (χ0n) is 14.6. The van der Waals surface area contributed by atoms with Crippen LogP contribution in [0.4, 0.5) is 0 Å². The second-order valence-corrected chi connectivity index (χ2v) is 6.48. The molecule has 2 aromatic carbocycles. The van der Waals surface area contributed by atoms with Gasteiger partial charge in [0.1, 0.15) is 11.9 Å². The summed E-state index contributed by atoms with van der Waals surface area (Å²) in [5.74, 6) is 1.27. The molecule has 1 aromatic heterocycles. The van der Waals surface area contributed by atoms with Gasteiger partial charge in [-0.15, -0.1) is 0 Å². The van der Waals surface area contributed by atoms with Gasteiger partial charge in [0.25, 0.3) is 5.91 Å². The number of nitrogens with zero attached hydrogens (tertiary/aromatic N) is 2. The van der Waals surface area contributed by atoms with Crippen LogP contribution in [0.1, 0.15) is 5.56 Å². The fraction of sp³-hybridized carbons (Fsp3) is 0.238. The molecular weight excluding hydrogens is 328 g/mol. The van der Waals surface area contributed by atoms with Crippen molar-refractivity contribution < 1.29 is 14.3 Å². The molecule has 0 radical (unpaired) electrons. The van der Waals surface area contributed by atoms with Crippen molar-refractivity contribution in [2.24, 2.45) is 0 Å². The van der Waals surface area contributed by atoms with Gasteiger partial charge < -0.3 is 14.4 Å². The zero-order chi connectivity index (χ0) is 17.9. The molecule has 3 aromatic rings. The van der Waals surface area contributed by atoms with Gasteiger partial charge in [-0.25, -0.2) is 4.98 Å². The Morgan fingerprint density at radius 1 is 1.08 bits per heavy atom. The lowest BCUT2D eigenvalue weighted by atomic mass is 10.1. The number of amides is 1. The first-order valence-corrected chi connectivity index (χ1v) is 8.67. The van der Waals surface area contributed by atoms with Gasteiger partial charge in [0, 0.05) is 11.5 Å². The topological polar surface area (TPSA) is 51.7 Å². The Balaban J connectivity index is 1.26. The number of ether oxygens (including phenoxy) is 2. The van der Waals surface area contributed by atoms with Crippen molar-refractivity contribution >= 4 is 16.8 Å². The predicted octanol–water partition coefficient (Wildman–Crippen LogP) is 3.21. The van der Waals surface area contributed by atoms with E-state index in [1.54, 1.807) is 4.90 Å². The van der Waals surface area contributed by atoms with Crippen LogP contribution in [-0.4, -0.2) is 41.6 Å². The van der Waals surface area contributed by atoms with Crippen molar-refractivity contribution in [1.29, 1.82) is 0 Å². The Kier molecular flexibility index (Phi) is 4.44. The Bertz CT molecular complexity index is 918. The second kappa shape index (κ2) is 7.04. The van der Waals surface area contributed by atoms with E-state index < -0.39 is 0 Å². The van der Waals surface area contributed by atoms with E-state index in [0.29, 0.717) is 24.7 Å². The number of para-hydroxylation sites is 1. The Labute approximate surface area is 152 Å². The number of carbonyl (C=O) groups excluding carboxylic acids is 1. The number of benzene rings is 2. The third-order valence-electron chi connectivity index (χ3n) is 4.44. The van der Waals surface area contributed by atoms with E-state index >= 15 is 0 Å². The number of likely N-dealkylation sites (tertiary alicyclic amines) is 1. The van der Waals surface area contributed by atoms with E-state index in [-0.39, 0.29) is 18.6 Å². The average Bonchev–Trinajstić information content (AvgIpc) is 2.63. The number of pyridine rings is 1. The quantitative estimate of drug-likeness (QED) is 0.710. The molecule has 1 fully saturated rings. The number of rotatable bonds is 5. The molecule has 0 unspecified atom stereocenters. The van der Waals surface area contributed by atoms with Gasteiger partial charge in [0.05, 0.1) is 18.6 Å². The molecule has 26 heavy (non-hydrogen) atoms. The molecule has 1 amide bonds. The van der Waals surface area contributed by atoms with E-state index in [9.17, 15) is 4.79 Å². The Morgan fingerprint density at radius 3 is 2.65 bits per heavy atom. The smallest absolute Gasteiger partial charge is 0.260 e. The number of carbonyl (C=O) groups is 1. The lowest BCUT2D eigenvalue weighted by Crippen LogP contribution is -2.57. The van der Waals surface area contributed by atoms with Crippen molar-refractivity contribution in [1.82, 2.24) is 9.88 Å². The van der Waals surface area contributed by atoms with Crippen LogP contribution < -0.4 is 9.47 Å². The second-order valence-electron chi connectivity index (χ2n) is 6.48. The maximum atomic E-state index is 12.2. The van der Waals surface area contributed by atoms with E-state index in [0.717, 1.165) is 16.5 Å². The van der Waals surface area contributed by atoms with E-state index in [4.69, 9.17) is 9.47 Å². The van der Waals surface area contributed by atoms with Crippen LogP contribution in [0.15, 0.2) is 60.7 Å². The van der Waals surface area contributed by atoms with E-state index in [2.05, 4.69) is 4.98 Å². The van der Waals surface area contributed by atoms with Crippen LogP contribution in [0, 0.1) is 6.92 Å². The van der Waals surface area contributed by atoms with E-state index in [1.807, 2.05) is 67.6 Å². The maximum Gasteiger partial charge on any atom is 0.260 e. The third kappa shape index (κ3) is 3.61. The molecule has 1 aliphatic heterocycles. The average molecular weight is 348 g/mol. The minimum atomic E-state index is -0.0307. The van der Waals surface area contributed by atoms with Crippen molar-refractivity contribution in [2.45, 2.75) is 13.0 Å². The van der Waals surface area contributed by atoms with Gasteiger partial charge in [-0.1, -0.05) is 35.9 Å². The molecule has 132 valence electrons. The highest BCUT2D eigenvalue weighted by atomic mass is 16.5. The van der Waals surface area contributed by atoms with E-state index in [1.165, 1.54) is 0 Å². The molecule has 0 spiro atoms. The summed E-state index contributed by atoms with van der Waals surface area (Å²) < 4.78 is 11.4. The molecule has 1 saturated heterocycles. The molecule has 5 heteroatoms. The largest absolute Gasteiger partial charge is 0.484 e. The number of fused-ring (bicyclic) bond motifs is 1. The van der Waals surface area contributed by atoms with Crippen LogP contribution >= 0.6 is 0 Å². The van der Waals surface area contributed by atoms with Crippen LogP contribution in [0.25, 0.3) is 10.9 Å². The highest BCUT2D eigenvalue weighted by molar-refractivity contribution is 5.79. The summed E-state index contributed by atoms with van der Waals surface area (Å²) in [6.45, 7) is 3.18. The monoisotopic (exact) mass is 348 g/mol. The molecule has 5 nitrogen and oxygen atoms in total. The van der Waals surface area contributed by atoms with Crippen LogP contribution in [-0.2, 0) is 4.79 Å². The minimum Gasteiger partial charge on any atom is -0.484 e. The first-order valence-electron chi connectivity index (χ1n) is 8.67. The summed E-state index contributed by atoms with van der Waals surface area (Å²) in [6.07, 6.45) is -0.0213. The molecule has 4 rings (SSSR count). The standard InChI is InChI=1S/C21H20N2O3/c1-15-6-9-17(10-7-15)25-14-21(24)23-12-18(13-23)26-20-11-8-16-4-2-3-5-19(16)22-20/h2-11,18H,12-14H2,1H3. The summed E-state index contributed by atoms with van der Waals surface area (Å²) in [5, 5.41) is 1.08. The van der Waals surface area contributed by atoms with Gasteiger partial charge in [-0.3, -0.25) is 4.79 Å². The van der Waals surface area contributed by atoms with Crippen LogP contribution in [0.5, 0.6) is 11.6 Å². The molecule has 0 bridgehead atoms. The number of hydrogen-bond donors (Lipinski definition) is 0. The van der Waals surface area contributed by atoms with Gasteiger partial charge in [-0.2, -0.15) is 0 Å². The summed E-state index contributed by atoms with van der Waals surface area (Å²) in [7, 11) is 0. The zero-order valence-corrected chi connectivity index (χ0v) is 14.6. The lowest BCUT2D eigenvalue weighted by Gasteiger charge is -2.38. The minimum absolute atomic E-state index is 0.0213. The molecule has 0 aliphatic carbocycles. The van der Waals surface area contributed by atoms with Crippen molar-refractivity contribution in [3.63, 3.8) is 0 Å². The predicted molar refractivity (Wildman–Crippen MR) is 99.4 cm³/mol. The van der Waals surface area contributed by atoms with Crippen molar-refractivity contribution in [3.8, 4) is 11.6 Å². The number of aromatic nitrogens is 1. The SMILES string of the molecule is Cc1ccc(OCC(=O)N2CC(Oc3ccc4ccccc4n3)C2)cc1. The summed E-state index contributed by atoms with van der Waals surface area (Å²) in [6, 6.07) is 19.4. The third-order valence-corrected chi connectivity index (χ3v) is 4.44. The van der Waals surface area contributed by atoms with Gasteiger partial charge >= 0.3 is 0 Å². The summed E-state index contributed by atoms with van der Waals surface area (Å²) in [4.78, 5) is 18.4. The maximum absolute atomic E-state index is 12.2. The Morgan fingerprint density at radius 2 is 1.85 bits per heavy atom. The highest BCUT2D eigenvalue weighted by Gasteiger charge is 2.32. The molecule has 2 heterocycles. The normalized spacial score (nSPS) is 14.1.